The quantitative estimate of drug-likeness (QED) is 0.690. The summed E-state index contributed by atoms with van der Waals surface area (Å²) in [4.78, 5) is 12.6. The second kappa shape index (κ2) is 8.33. The smallest absolute Gasteiger partial charge is 0.225 e. The molecule has 2 aromatic rings. The van der Waals surface area contributed by atoms with Crippen molar-refractivity contribution in [1.29, 1.82) is 0 Å². The number of amides is 1. The number of benzene rings is 2. The van der Waals surface area contributed by atoms with Crippen LogP contribution in [0.5, 0.6) is 5.75 Å². The monoisotopic (exact) mass is 380 g/mol. The molecule has 0 heterocycles. The summed E-state index contributed by atoms with van der Waals surface area (Å²) in [6.45, 7) is 0.654. The van der Waals surface area contributed by atoms with E-state index in [4.69, 9.17) is 10.5 Å². The fraction of sp³-hybridized carbons (Fsp3) is 0.435. The van der Waals surface area contributed by atoms with Crippen LogP contribution in [0.25, 0.3) is 0 Å². The number of hydrogen-bond donors (Lipinski definition) is 3. The second-order valence-corrected chi connectivity index (χ2v) is 8.04. The van der Waals surface area contributed by atoms with Crippen LogP contribution in [0.15, 0.2) is 54.6 Å². The zero-order valence-electron chi connectivity index (χ0n) is 16.0. The molecule has 5 atom stereocenters. The van der Waals surface area contributed by atoms with Gasteiger partial charge in [-0.1, -0.05) is 42.5 Å². The molecule has 2 aliphatic rings. The van der Waals surface area contributed by atoms with Gasteiger partial charge in [-0.05, 0) is 54.4 Å². The Morgan fingerprint density at radius 3 is 2.68 bits per heavy atom. The van der Waals surface area contributed by atoms with Crippen molar-refractivity contribution < 1.29 is 14.6 Å². The van der Waals surface area contributed by atoms with E-state index >= 15 is 0 Å². The molecule has 0 radical (unpaired) electrons. The predicted molar refractivity (Wildman–Crippen MR) is 107 cm³/mol. The molecule has 28 heavy (non-hydrogen) atoms. The first-order valence-electron chi connectivity index (χ1n) is 10.1. The molecule has 2 fully saturated rings. The third-order valence-corrected chi connectivity index (χ3v) is 6.24. The van der Waals surface area contributed by atoms with Gasteiger partial charge >= 0.3 is 0 Å². The lowest BCUT2D eigenvalue weighted by Crippen LogP contribution is -2.46. The van der Waals surface area contributed by atoms with E-state index < -0.39 is 6.10 Å². The average Bonchev–Trinajstić information content (AvgIpc) is 3.32. The van der Waals surface area contributed by atoms with Crippen molar-refractivity contribution in [3.8, 4) is 5.75 Å². The molecule has 0 aromatic heterocycles. The van der Waals surface area contributed by atoms with E-state index in [0.717, 1.165) is 30.4 Å². The van der Waals surface area contributed by atoms with Crippen LogP contribution in [0.4, 0.5) is 0 Å². The van der Waals surface area contributed by atoms with Gasteiger partial charge in [0, 0.05) is 12.6 Å². The van der Waals surface area contributed by atoms with Gasteiger partial charge in [0.1, 0.15) is 12.4 Å². The second-order valence-electron chi connectivity index (χ2n) is 8.04. The minimum absolute atomic E-state index is 0.0183. The number of aliphatic hydroxyl groups is 1. The summed E-state index contributed by atoms with van der Waals surface area (Å²) >= 11 is 0. The Bertz CT molecular complexity index is 809. The lowest BCUT2D eigenvalue weighted by atomic mass is 9.84. The first-order valence-corrected chi connectivity index (χ1v) is 10.1. The number of nitrogens with two attached hydrogens (primary N) is 1. The van der Waals surface area contributed by atoms with Crippen molar-refractivity contribution in [3.05, 3.63) is 65.7 Å². The number of aliphatic hydroxyl groups excluding tert-OH is 1. The number of ether oxygens (including phenoxy) is 1. The lowest BCUT2D eigenvalue weighted by Gasteiger charge is -2.27. The Kier molecular flexibility index (Phi) is 5.64. The van der Waals surface area contributed by atoms with Crippen LogP contribution in [-0.4, -0.2) is 23.6 Å². The van der Waals surface area contributed by atoms with Crippen molar-refractivity contribution in [3.63, 3.8) is 0 Å². The third kappa shape index (κ3) is 4.05. The highest BCUT2D eigenvalue weighted by Crippen LogP contribution is 2.47. The maximum absolute atomic E-state index is 12.6. The number of rotatable bonds is 7. The molecular formula is C23H28N2O3. The number of hydrogen-bond acceptors (Lipinski definition) is 4. The Labute approximate surface area is 165 Å². The molecule has 4 rings (SSSR count). The van der Waals surface area contributed by atoms with E-state index in [9.17, 15) is 9.90 Å². The Hall–Kier alpha value is -2.37. The molecule has 2 bridgehead atoms. The van der Waals surface area contributed by atoms with Gasteiger partial charge in [-0.25, -0.2) is 0 Å². The van der Waals surface area contributed by atoms with Gasteiger partial charge < -0.3 is 20.9 Å². The summed E-state index contributed by atoms with van der Waals surface area (Å²) in [5, 5.41) is 13.4. The third-order valence-electron chi connectivity index (χ3n) is 6.24. The van der Waals surface area contributed by atoms with Crippen LogP contribution in [0.2, 0.25) is 0 Å². The van der Waals surface area contributed by atoms with Gasteiger partial charge in [0.2, 0.25) is 5.91 Å². The average molecular weight is 380 g/mol. The SMILES string of the molecule is NC1C2CCC(C2)C1C(=O)NCC(O)c1cccc(OCc2ccccc2)c1. The molecule has 1 amide bonds. The van der Waals surface area contributed by atoms with Crippen LogP contribution >= 0.6 is 0 Å². The Morgan fingerprint density at radius 2 is 1.93 bits per heavy atom. The number of nitrogens with one attached hydrogen (secondary N) is 1. The van der Waals surface area contributed by atoms with Crippen molar-refractivity contribution in [2.24, 2.45) is 23.5 Å². The van der Waals surface area contributed by atoms with Gasteiger partial charge in [-0.3, -0.25) is 4.79 Å². The minimum atomic E-state index is -0.779. The summed E-state index contributed by atoms with van der Waals surface area (Å²) in [6, 6.07) is 17.3. The summed E-state index contributed by atoms with van der Waals surface area (Å²) in [7, 11) is 0. The van der Waals surface area contributed by atoms with Gasteiger partial charge in [-0.15, -0.1) is 0 Å². The van der Waals surface area contributed by atoms with Crippen LogP contribution < -0.4 is 15.8 Å². The summed E-state index contributed by atoms with van der Waals surface area (Å²) in [6.07, 6.45) is 2.54. The van der Waals surface area contributed by atoms with Crippen molar-refractivity contribution in [1.82, 2.24) is 5.32 Å². The normalized spacial score (nSPS) is 26.8. The molecular weight excluding hydrogens is 352 g/mol. The zero-order chi connectivity index (χ0) is 19.5. The van der Waals surface area contributed by atoms with Crippen molar-refractivity contribution >= 4 is 5.91 Å². The van der Waals surface area contributed by atoms with E-state index in [1.807, 2.05) is 54.6 Å². The molecule has 5 heteroatoms. The molecule has 0 aliphatic heterocycles. The first-order chi connectivity index (χ1) is 13.6. The zero-order valence-corrected chi connectivity index (χ0v) is 16.0. The van der Waals surface area contributed by atoms with Crippen molar-refractivity contribution in [2.75, 3.05) is 6.54 Å². The van der Waals surface area contributed by atoms with E-state index in [1.165, 1.54) is 0 Å². The molecule has 2 aliphatic carbocycles. The van der Waals surface area contributed by atoms with E-state index in [2.05, 4.69) is 5.32 Å². The highest BCUT2D eigenvalue weighted by atomic mass is 16.5. The minimum Gasteiger partial charge on any atom is -0.489 e. The fourth-order valence-electron chi connectivity index (χ4n) is 4.71. The summed E-state index contributed by atoms with van der Waals surface area (Å²) < 4.78 is 5.82. The van der Waals surface area contributed by atoms with Crippen LogP contribution in [-0.2, 0) is 11.4 Å². The molecule has 148 valence electrons. The Morgan fingerprint density at radius 1 is 1.14 bits per heavy atom. The van der Waals surface area contributed by atoms with E-state index in [1.54, 1.807) is 0 Å². The molecule has 0 spiro atoms. The lowest BCUT2D eigenvalue weighted by molar-refractivity contribution is -0.127. The topological polar surface area (TPSA) is 84.6 Å². The van der Waals surface area contributed by atoms with Gasteiger partial charge in [0.25, 0.3) is 0 Å². The fourth-order valence-corrected chi connectivity index (χ4v) is 4.71. The molecule has 5 nitrogen and oxygen atoms in total. The van der Waals surface area contributed by atoms with Crippen LogP contribution in [0.3, 0.4) is 0 Å². The van der Waals surface area contributed by atoms with E-state index in [-0.39, 0.29) is 24.4 Å². The summed E-state index contributed by atoms with van der Waals surface area (Å²) in [5.41, 5.74) is 8.06. The number of carbonyl (C=O) groups excluding carboxylic acids is 1. The van der Waals surface area contributed by atoms with Crippen LogP contribution in [0.1, 0.15) is 36.5 Å². The highest BCUT2D eigenvalue weighted by molar-refractivity contribution is 5.80. The molecule has 0 saturated heterocycles. The summed E-state index contributed by atoms with van der Waals surface area (Å²) in [5.74, 6) is 1.47. The maximum atomic E-state index is 12.6. The van der Waals surface area contributed by atoms with Crippen molar-refractivity contribution in [2.45, 2.75) is 38.0 Å². The molecule has 2 saturated carbocycles. The predicted octanol–water partition coefficient (Wildman–Crippen LogP) is 2.79. The maximum Gasteiger partial charge on any atom is 0.225 e. The standard InChI is InChI=1S/C23H28N2O3/c24-22-18-10-9-17(11-18)21(22)23(27)25-13-20(26)16-7-4-8-19(12-16)28-14-15-5-2-1-3-6-15/h1-8,12,17-18,20-22,26H,9-11,13-14,24H2,(H,25,27). The number of carbonyl (C=O) groups is 1. The molecule has 2 aromatic carbocycles. The van der Waals surface area contributed by atoms with Gasteiger partial charge in [-0.2, -0.15) is 0 Å². The molecule has 4 N–H and O–H groups in total. The number of fused-ring (bicyclic) bond motifs is 2. The first kappa shape index (κ1) is 19.0. The highest BCUT2D eigenvalue weighted by Gasteiger charge is 2.48. The Balaban J connectivity index is 1.31. The molecule has 5 unspecified atom stereocenters. The van der Waals surface area contributed by atoms with E-state index in [0.29, 0.717) is 24.2 Å². The van der Waals surface area contributed by atoms with Crippen LogP contribution in [0, 0.1) is 17.8 Å². The largest absolute Gasteiger partial charge is 0.489 e. The van der Waals surface area contributed by atoms with Gasteiger partial charge in [0.05, 0.1) is 12.0 Å². The van der Waals surface area contributed by atoms with Gasteiger partial charge in [0.15, 0.2) is 0 Å².